The summed E-state index contributed by atoms with van der Waals surface area (Å²) in [5.74, 6) is 0. The van der Waals surface area contributed by atoms with Crippen LogP contribution in [0.2, 0.25) is 5.02 Å². The standard InChI is InChI=1S/C13H22ClN3O/c1-5-8-17-12(18)11(14)10(9-15-17)16-13(4,6-2)7-3/h9,16H,5-8H2,1-4H3. The molecule has 0 aliphatic heterocycles. The molecule has 0 amide bonds. The lowest BCUT2D eigenvalue weighted by Crippen LogP contribution is -2.34. The van der Waals surface area contributed by atoms with Gasteiger partial charge in [0.15, 0.2) is 0 Å². The monoisotopic (exact) mass is 271 g/mol. The van der Waals surface area contributed by atoms with Crippen molar-refractivity contribution < 1.29 is 0 Å². The van der Waals surface area contributed by atoms with E-state index in [1.54, 1.807) is 6.20 Å². The van der Waals surface area contributed by atoms with Crippen LogP contribution in [0, 0.1) is 0 Å². The van der Waals surface area contributed by atoms with Crippen LogP contribution in [-0.2, 0) is 6.54 Å². The number of hydrogen-bond donors (Lipinski definition) is 1. The van der Waals surface area contributed by atoms with Gasteiger partial charge in [-0.2, -0.15) is 5.10 Å². The molecule has 18 heavy (non-hydrogen) atoms. The molecule has 0 aliphatic rings. The van der Waals surface area contributed by atoms with E-state index in [1.165, 1.54) is 4.68 Å². The summed E-state index contributed by atoms with van der Waals surface area (Å²) < 4.78 is 1.41. The van der Waals surface area contributed by atoms with Gasteiger partial charge < -0.3 is 5.32 Å². The minimum absolute atomic E-state index is 0.0608. The summed E-state index contributed by atoms with van der Waals surface area (Å²) in [6, 6.07) is 0. The van der Waals surface area contributed by atoms with Gasteiger partial charge >= 0.3 is 0 Å². The highest BCUT2D eigenvalue weighted by Gasteiger charge is 2.21. The molecule has 0 unspecified atom stereocenters. The first-order valence-electron chi connectivity index (χ1n) is 6.51. The Morgan fingerprint density at radius 2 is 2.00 bits per heavy atom. The summed E-state index contributed by atoms with van der Waals surface area (Å²) in [5, 5.41) is 7.69. The second-order valence-corrected chi connectivity index (χ2v) is 5.17. The van der Waals surface area contributed by atoms with Crippen molar-refractivity contribution in [1.29, 1.82) is 0 Å². The van der Waals surface area contributed by atoms with E-state index in [0.29, 0.717) is 12.2 Å². The van der Waals surface area contributed by atoms with Crippen LogP contribution in [0.25, 0.3) is 0 Å². The number of aromatic nitrogens is 2. The van der Waals surface area contributed by atoms with E-state index in [0.717, 1.165) is 19.3 Å². The Labute approximate surface area is 113 Å². The largest absolute Gasteiger partial charge is 0.377 e. The first-order chi connectivity index (χ1) is 8.47. The molecule has 0 bridgehead atoms. The average molecular weight is 272 g/mol. The van der Waals surface area contributed by atoms with Crippen LogP contribution < -0.4 is 10.9 Å². The number of aryl methyl sites for hydroxylation is 1. The predicted molar refractivity (Wildman–Crippen MR) is 76.4 cm³/mol. The fourth-order valence-corrected chi connectivity index (χ4v) is 1.87. The van der Waals surface area contributed by atoms with Crippen molar-refractivity contribution in [3.05, 3.63) is 21.6 Å². The molecule has 0 fully saturated rings. The lowest BCUT2D eigenvalue weighted by atomic mass is 9.95. The zero-order valence-corrected chi connectivity index (χ0v) is 12.3. The second-order valence-electron chi connectivity index (χ2n) is 4.79. The highest BCUT2D eigenvalue weighted by atomic mass is 35.5. The Morgan fingerprint density at radius 1 is 1.39 bits per heavy atom. The van der Waals surface area contributed by atoms with Gasteiger partial charge in [-0.3, -0.25) is 4.79 Å². The van der Waals surface area contributed by atoms with Crippen LogP contribution in [0.5, 0.6) is 0 Å². The molecule has 0 spiro atoms. The smallest absolute Gasteiger partial charge is 0.287 e. The van der Waals surface area contributed by atoms with Crippen molar-refractivity contribution >= 4 is 17.3 Å². The molecule has 1 aromatic heterocycles. The quantitative estimate of drug-likeness (QED) is 0.864. The van der Waals surface area contributed by atoms with Crippen molar-refractivity contribution in [2.24, 2.45) is 0 Å². The number of nitrogens with one attached hydrogen (secondary N) is 1. The first-order valence-corrected chi connectivity index (χ1v) is 6.89. The molecule has 102 valence electrons. The minimum Gasteiger partial charge on any atom is -0.377 e. The summed E-state index contributed by atoms with van der Waals surface area (Å²) in [4.78, 5) is 12.0. The maximum atomic E-state index is 12.0. The third kappa shape index (κ3) is 3.25. The molecule has 1 N–H and O–H groups in total. The van der Waals surface area contributed by atoms with Gasteiger partial charge in [0.1, 0.15) is 5.02 Å². The third-order valence-electron chi connectivity index (χ3n) is 3.42. The Morgan fingerprint density at radius 3 is 2.50 bits per heavy atom. The minimum atomic E-state index is -0.224. The van der Waals surface area contributed by atoms with Crippen LogP contribution in [0.4, 0.5) is 5.69 Å². The molecule has 0 saturated heterocycles. The molecular formula is C13H22ClN3O. The molecule has 0 saturated carbocycles. The molecule has 1 aromatic rings. The highest BCUT2D eigenvalue weighted by molar-refractivity contribution is 6.32. The van der Waals surface area contributed by atoms with Crippen LogP contribution in [-0.4, -0.2) is 15.3 Å². The number of rotatable bonds is 6. The van der Waals surface area contributed by atoms with Crippen LogP contribution >= 0.6 is 11.6 Å². The molecule has 1 rings (SSSR count). The maximum Gasteiger partial charge on any atom is 0.287 e. The molecular weight excluding hydrogens is 250 g/mol. The fraction of sp³-hybridized carbons (Fsp3) is 0.692. The van der Waals surface area contributed by atoms with Crippen molar-refractivity contribution in [2.75, 3.05) is 5.32 Å². The lowest BCUT2D eigenvalue weighted by Gasteiger charge is -2.29. The fourth-order valence-electron chi connectivity index (χ4n) is 1.68. The van der Waals surface area contributed by atoms with Gasteiger partial charge in [-0.25, -0.2) is 4.68 Å². The molecule has 1 heterocycles. The van der Waals surface area contributed by atoms with Gasteiger partial charge in [-0.05, 0) is 26.2 Å². The van der Waals surface area contributed by atoms with Crippen molar-refractivity contribution in [3.8, 4) is 0 Å². The Bertz CT molecular complexity index is 452. The summed E-state index contributed by atoms with van der Waals surface area (Å²) in [5.41, 5.74) is 0.340. The zero-order chi connectivity index (χ0) is 13.8. The SMILES string of the molecule is CCCn1ncc(NC(C)(CC)CC)c(Cl)c1=O. The lowest BCUT2D eigenvalue weighted by molar-refractivity contribution is 0.477. The van der Waals surface area contributed by atoms with Gasteiger partial charge in [0.25, 0.3) is 5.56 Å². The summed E-state index contributed by atoms with van der Waals surface area (Å²) in [6.07, 6.45) is 4.41. The van der Waals surface area contributed by atoms with Crippen molar-refractivity contribution in [1.82, 2.24) is 9.78 Å². The van der Waals surface area contributed by atoms with E-state index in [4.69, 9.17) is 11.6 Å². The average Bonchev–Trinajstić information content (AvgIpc) is 2.38. The predicted octanol–water partition coefficient (Wildman–Crippen LogP) is 3.30. The van der Waals surface area contributed by atoms with Crippen molar-refractivity contribution in [3.63, 3.8) is 0 Å². The Balaban J connectivity index is 3.06. The third-order valence-corrected chi connectivity index (χ3v) is 3.78. The molecule has 4 nitrogen and oxygen atoms in total. The van der Waals surface area contributed by atoms with Gasteiger partial charge in [0.05, 0.1) is 11.9 Å². The van der Waals surface area contributed by atoms with Crippen LogP contribution in [0.15, 0.2) is 11.0 Å². The normalized spacial score (nSPS) is 11.6. The molecule has 5 heteroatoms. The summed E-state index contributed by atoms with van der Waals surface area (Å²) in [7, 11) is 0. The Hall–Kier alpha value is -1.03. The molecule has 0 aliphatic carbocycles. The molecule has 0 radical (unpaired) electrons. The molecule has 0 aromatic carbocycles. The van der Waals surface area contributed by atoms with Gasteiger partial charge in [-0.1, -0.05) is 32.4 Å². The van der Waals surface area contributed by atoms with E-state index >= 15 is 0 Å². The first kappa shape index (κ1) is 15.0. The van der Waals surface area contributed by atoms with Crippen LogP contribution in [0.1, 0.15) is 47.0 Å². The van der Waals surface area contributed by atoms with Gasteiger partial charge in [-0.15, -0.1) is 0 Å². The van der Waals surface area contributed by atoms with E-state index in [9.17, 15) is 4.79 Å². The van der Waals surface area contributed by atoms with Crippen molar-refractivity contribution in [2.45, 2.75) is 59.0 Å². The number of anilines is 1. The molecule has 0 atom stereocenters. The number of nitrogens with zero attached hydrogens (tertiary/aromatic N) is 2. The van der Waals surface area contributed by atoms with Crippen LogP contribution in [0.3, 0.4) is 0 Å². The second kappa shape index (κ2) is 6.23. The van der Waals surface area contributed by atoms with E-state index < -0.39 is 0 Å². The van der Waals surface area contributed by atoms with E-state index in [-0.39, 0.29) is 16.1 Å². The van der Waals surface area contributed by atoms with Gasteiger partial charge in [0.2, 0.25) is 0 Å². The highest BCUT2D eigenvalue weighted by Crippen LogP contribution is 2.24. The van der Waals surface area contributed by atoms with E-state index in [2.05, 4.69) is 31.2 Å². The number of halogens is 1. The number of hydrogen-bond acceptors (Lipinski definition) is 3. The summed E-state index contributed by atoms with van der Waals surface area (Å²) in [6.45, 7) is 8.92. The maximum absolute atomic E-state index is 12.0. The van der Waals surface area contributed by atoms with E-state index in [1.807, 2.05) is 6.92 Å². The van der Waals surface area contributed by atoms with Gasteiger partial charge in [0, 0.05) is 12.1 Å². The Kier molecular flexibility index (Phi) is 5.20. The summed E-state index contributed by atoms with van der Waals surface area (Å²) >= 11 is 6.12. The zero-order valence-electron chi connectivity index (χ0n) is 11.6. The topological polar surface area (TPSA) is 46.9 Å².